The van der Waals surface area contributed by atoms with Gasteiger partial charge in [-0.05, 0) is 60.0 Å². The first kappa shape index (κ1) is 21.0. The Hall–Kier alpha value is 0.690. The molecule has 15 heavy (non-hydrogen) atoms. The second kappa shape index (κ2) is 7.88. The van der Waals surface area contributed by atoms with Crippen LogP contribution < -0.4 is 0 Å². The maximum atomic E-state index is 10.2. The average molecular weight is 276 g/mol. The van der Waals surface area contributed by atoms with Crippen LogP contribution in [0.4, 0.5) is 0 Å². The molecule has 0 rings (SSSR count). The van der Waals surface area contributed by atoms with Crippen LogP contribution in [0.2, 0.25) is 0 Å². The summed E-state index contributed by atoms with van der Waals surface area (Å²) in [5, 5.41) is 0. The van der Waals surface area contributed by atoms with Crippen LogP contribution in [0, 0.1) is 0 Å². The zero-order chi connectivity index (χ0) is 13.5. The largest absolute Gasteiger partial charge is 0.324 e. The first-order valence-corrected chi connectivity index (χ1v) is 13.7. The van der Waals surface area contributed by atoms with Gasteiger partial charge in [0, 0.05) is 0 Å². The zero-order valence-electron chi connectivity index (χ0n) is 11.6. The van der Waals surface area contributed by atoms with Gasteiger partial charge in [0.15, 0.2) is 0 Å². The molecule has 0 aliphatic carbocycles. The molecule has 0 aliphatic heterocycles. The van der Waals surface area contributed by atoms with E-state index in [1.807, 2.05) is 0 Å². The predicted molar refractivity (Wildman–Crippen MR) is 76.1 cm³/mol. The highest BCUT2D eigenvalue weighted by Crippen LogP contribution is 2.29. The van der Waals surface area contributed by atoms with Crippen LogP contribution in [-0.2, 0) is 13.7 Å². The minimum atomic E-state index is -1.64. The van der Waals surface area contributed by atoms with Gasteiger partial charge in [-0.15, -0.1) is 0 Å². The van der Waals surface area contributed by atoms with E-state index in [1.165, 1.54) is 0 Å². The first-order chi connectivity index (χ1) is 6.00. The maximum absolute atomic E-state index is 10.2. The van der Waals surface area contributed by atoms with Crippen molar-refractivity contribution in [3.63, 3.8) is 0 Å². The summed E-state index contributed by atoms with van der Waals surface area (Å²) in [6, 6.07) is 0. The lowest BCUT2D eigenvalue weighted by Gasteiger charge is -1.86. The summed E-state index contributed by atoms with van der Waals surface area (Å²) in [7, 11) is -4.92. The Balaban J connectivity index is -0.000000144. The van der Waals surface area contributed by atoms with Crippen molar-refractivity contribution in [2.45, 2.75) is 0 Å². The van der Waals surface area contributed by atoms with Gasteiger partial charge in [0.05, 0.1) is 21.4 Å². The number of hydrogen-bond acceptors (Lipinski definition) is 3. The molecule has 0 unspecified atom stereocenters. The van der Waals surface area contributed by atoms with E-state index in [9.17, 15) is 13.7 Å². The van der Waals surface area contributed by atoms with Crippen molar-refractivity contribution in [1.29, 1.82) is 0 Å². The molecule has 0 N–H and O–H groups in total. The molecule has 0 aromatic carbocycles. The van der Waals surface area contributed by atoms with E-state index >= 15 is 0 Å². The van der Waals surface area contributed by atoms with E-state index in [2.05, 4.69) is 0 Å². The Morgan fingerprint density at radius 2 is 0.400 bits per heavy atom. The Kier molecular flexibility index (Phi) is 11.0. The first-order valence-electron chi connectivity index (χ1n) is 4.57. The third kappa shape index (κ3) is 4970. The molecule has 0 aromatic rings. The maximum Gasteiger partial charge on any atom is 0.0790 e. The standard InChI is InChI=1S/3C3H9OP/c3*1-5(2,3)4/h3*1-3H3. The normalized spacial score (nSPS) is 11.8. The van der Waals surface area contributed by atoms with Crippen molar-refractivity contribution in [2.24, 2.45) is 0 Å². The van der Waals surface area contributed by atoms with Gasteiger partial charge in [-0.3, -0.25) is 0 Å². The monoisotopic (exact) mass is 276 g/mol. The summed E-state index contributed by atoms with van der Waals surface area (Å²) in [5.41, 5.74) is 0. The number of rotatable bonds is 0. The zero-order valence-corrected chi connectivity index (χ0v) is 14.2. The molecule has 0 bridgehead atoms. The Bertz CT molecular complexity index is 207. The van der Waals surface area contributed by atoms with Crippen LogP contribution in [0.1, 0.15) is 0 Å². The van der Waals surface area contributed by atoms with E-state index in [0.717, 1.165) is 0 Å². The molecule has 0 heterocycles. The van der Waals surface area contributed by atoms with Gasteiger partial charge in [0.1, 0.15) is 0 Å². The van der Waals surface area contributed by atoms with Gasteiger partial charge in [0.25, 0.3) is 0 Å². The molecule has 96 valence electrons. The minimum absolute atomic E-state index is 1.64. The van der Waals surface area contributed by atoms with Gasteiger partial charge in [-0.2, -0.15) is 0 Å². The second-order valence-electron chi connectivity index (χ2n) is 5.67. The van der Waals surface area contributed by atoms with Crippen LogP contribution >= 0.6 is 21.4 Å². The number of hydrogen-bond donors (Lipinski definition) is 0. The molecule has 0 saturated carbocycles. The lowest BCUT2D eigenvalue weighted by Crippen LogP contribution is -1.61. The van der Waals surface area contributed by atoms with Crippen molar-refractivity contribution < 1.29 is 13.7 Å². The smallest absolute Gasteiger partial charge is 0.0790 e. The van der Waals surface area contributed by atoms with Crippen LogP contribution in [0.25, 0.3) is 0 Å². The van der Waals surface area contributed by atoms with E-state index in [-0.39, 0.29) is 0 Å². The molecule has 0 atom stereocenters. The minimum Gasteiger partial charge on any atom is -0.324 e. The third-order valence-corrected chi connectivity index (χ3v) is 0. The summed E-state index contributed by atoms with van der Waals surface area (Å²) >= 11 is 0. The summed E-state index contributed by atoms with van der Waals surface area (Å²) in [6.07, 6.45) is 0. The van der Waals surface area contributed by atoms with E-state index < -0.39 is 21.4 Å². The van der Waals surface area contributed by atoms with Crippen LogP contribution in [0.5, 0.6) is 0 Å². The van der Waals surface area contributed by atoms with E-state index in [0.29, 0.717) is 0 Å². The molecule has 0 aliphatic rings. The van der Waals surface area contributed by atoms with Crippen LogP contribution in [0.3, 0.4) is 0 Å². The fourth-order valence-corrected chi connectivity index (χ4v) is 0. The topological polar surface area (TPSA) is 51.2 Å². The molecular weight excluding hydrogens is 249 g/mol. The highest BCUT2D eigenvalue weighted by molar-refractivity contribution is 7.62. The van der Waals surface area contributed by atoms with Gasteiger partial charge >= 0.3 is 0 Å². The molecule has 0 spiro atoms. The molecular formula is C9H27O3P3. The molecule has 0 saturated heterocycles. The highest BCUT2D eigenvalue weighted by Gasteiger charge is 1.90. The summed E-state index contributed by atoms with van der Waals surface area (Å²) in [6.45, 7) is 15.7. The van der Waals surface area contributed by atoms with Crippen LogP contribution in [0.15, 0.2) is 0 Å². The highest BCUT2D eigenvalue weighted by atomic mass is 31.2. The Morgan fingerprint density at radius 1 is 0.400 bits per heavy atom. The van der Waals surface area contributed by atoms with Crippen molar-refractivity contribution in [3.8, 4) is 0 Å². The van der Waals surface area contributed by atoms with Gasteiger partial charge in [-0.25, -0.2) is 0 Å². The molecule has 0 aromatic heterocycles. The predicted octanol–water partition coefficient (Wildman–Crippen LogP) is 3.72. The fourth-order valence-electron chi connectivity index (χ4n) is 0. The van der Waals surface area contributed by atoms with E-state index in [4.69, 9.17) is 0 Å². The van der Waals surface area contributed by atoms with Crippen molar-refractivity contribution in [3.05, 3.63) is 0 Å². The van der Waals surface area contributed by atoms with E-state index in [1.54, 1.807) is 60.0 Å². The van der Waals surface area contributed by atoms with Gasteiger partial charge < -0.3 is 13.7 Å². The molecule has 0 amide bonds. The second-order valence-corrected chi connectivity index (χ2v) is 17.0. The van der Waals surface area contributed by atoms with Crippen molar-refractivity contribution in [1.82, 2.24) is 0 Å². The quantitative estimate of drug-likeness (QED) is 0.633. The Morgan fingerprint density at radius 3 is 0.400 bits per heavy atom. The van der Waals surface area contributed by atoms with Crippen LogP contribution in [-0.4, -0.2) is 60.0 Å². The van der Waals surface area contributed by atoms with Gasteiger partial charge in [0.2, 0.25) is 0 Å². The van der Waals surface area contributed by atoms with Gasteiger partial charge in [-0.1, -0.05) is 0 Å². The SMILES string of the molecule is CP(C)(C)=O.CP(C)(C)=O.CP(C)(C)=O. The fraction of sp³-hybridized carbons (Fsp3) is 1.00. The summed E-state index contributed by atoms with van der Waals surface area (Å²) in [4.78, 5) is 0. The van der Waals surface area contributed by atoms with Crippen molar-refractivity contribution >= 4 is 21.4 Å². The molecule has 0 fully saturated rings. The Labute approximate surface area is 95.5 Å². The average Bonchev–Trinajstić information content (AvgIpc) is 1.41. The molecule has 0 radical (unpaired) electrons. The molecule has 6 heteroatoms. The molecule has 3 nitrogen and oxygen atoms in total. The lowest BCUT2D eigenvalue weighted by molar-refractivity contribution is 0.585. The third-order valence-electron chi connectivity index (χ3n) is 0. The lowest BCUT2D eigenvalue weighted by atomic mass is 11.9. The summed E-state index contributed by atoms with van der Waals surface area (Å²) in [5.74, 6) is 0. The summed E-state index contributed by atoms with van der Waals surface area (Å²) < 4.78 is 30.6. The van der Waals surface area contributed by atoms with Crippen molar-refractivity contribution in [2.75, 3.05) is 60.0 Å².